The van der Waals surface area contributed by atoms with Gasteiger partial charge in [-0.25, -0.2) is 0 Å². The van der Waals surface area contributed by atoms with Gasteiger partial charge in [-0.15, -0.1) is 0 Å². The first-order valence-electron chi connectivity index (χ1n) is 4.61. The summed E-state index contributed by atoms with van der Waals surface area (Å²) in [5, 5.41) is 7.44. The van der Waals surface area contributed by atoms with Crippen LogP contribution in [0, 0.1) is 0 Å². The standard InChI is InChI=1S/C9H13N3O2/c1-14-6-9(13)8-4-7-5-10-2-3-12(7)11-8/h4,10H,2-3,5-6H2,1H3. The van der Waals surface area contributed by atoms with Gasteiger partial charge in [0.05, 0.1) is 12.2 Å². The predicted molar refractivity (Wildman–Crippen MR) is 50.1 cm³/mol. The van der Waals surface area contributed by atoms with E-state index in [0.717, 1.165) is 25.3 Å². The maximum absolute atomic E-state index is 11.4. The smallest absolute Gasteiger partial charge is 0.208 e. The number of hydrogen-bond donors (Lipinski definition) is 1. The number of carbonyl (C=O) groups is 1. The molecule has 5 heteroatoms. The van der Waals surface area contributed by atoms with Crippen molar-refractivity contribution in [3.63, 3.8) is 0 Å². The number of carbonyl (C=O) groups excluding carboxylic acids is 1. The summed E-state index contributed by atoms with van der Waals surface area (Å²) in [5.41, 5.74) is 1.57. The Kier molecular flexibility index (Phi) is 2.60. The lowest BCUT2D eigenvalue weighted by molar-refractivity contribution is 0.0842. The van der Waals surface area contributed by atoms with Gasteiger partial charge in [0.2, 0.25) is 5.78 Å². The number of rotatable bonds is 3. The third kappa shape index (κ3) is 1.69. The maximum Gasteiger partial charge on any atom is 0.208 e. The summed E-state index contributed by atoms with van der Waals surface area (Å²) in [6.07, 6.45) is 0. The molecule has 1 aliphatic rings. The number of methoxy groups -OCH3 is 1. The van der Waals surface area contributed by atoms with Crippen molar-refractivity contribution in [3.8, 4) is 0 Å². The molecule has 0 saturated carbocycles. The molecule has 0 bridgehead atoms. The molecule has 0 radical (unpaired) electrons. The zero-order valence-electron chi connectivity index (χ0n) is 8.12. The molecule has 0 fully saturated rings. The normalized spacial score (nSPS) is 15.2. The van der Waals surface area contributed by atoms with Crippen LogP contribution in [0.15, 0.2) is 6.07 Å². The Bertz CT molecular complexity index is 322. The number of Topliss-reactive ketones (excluding diaryl/α,β-unsaturated/α-hetero) is 1. The first-order chi connectivity index (χ1) is 6.81. The summed E-state index contributed by atoms with van der Waals surface area (Å²) in [4.78, 5) is 11.4. The Morgan fingerprint density at radius 2 is 2.64 bits per heavy atom. The Morgan fingerprint density at radius 3 is 3.36 bits per heavy atom. The summed E-state index contributed by atoms with van der Waals surface area (Å²) < 4.78 is 6.65. The molecule has 76 valence electrons. The quantitative estimate of drug-likeness (QED) is 0.679. The van der Waals surface area contributed by atoms with Gasteiger partial charge in [-0.05, 0) is 6.07 Å². The highest BCUT2D eigenvalue weighted by Crippen LogP contribution is 2.08. The molecule has 1 aliphatic heterocycles. The molecule has 0 spiro atoms. The molecule has 0 unspecified atom stereocenters. The Morgan fingerprint density at radius 1 is 1.79 bits per heavy atom. The van der Waals surface area contributed by atoms with Crippen LogP contribution in [0.3, 0.4) is 0 Å². The molecule has 0 atom stereocenters. The lowest BCUT2D eigenvalue weighted by Gasteiger charge is -2.13. The van der Waals surface area contributed by atoms with Crippen molar-refractivity contribution < 1.29 is 9.53 Å². The highest BCUT2D eigenvalue weighted by Gasteiger charge is 2.15. The maximum atomic E-state index is 11.4. The minimum atomic E-state index is -0.0607. The van der Waals surface area contributed by atoms with Crippen molar-refractivity contribution in [1.82, 2.24) is 15.1 Å². The molecule has 0 saturated heterocycles. The number of aromatic nitrogens is 2. The monoisotopic (exact) mass is 195 g/mol. The average molecular weight is 195 g/mol. The summed E-state index contributed by atoms with van der Waals surface area (Å²) in [7, 11) is 1.51. The van der Waals surface area contributed by atoms with Crippen LogP contribution in [-0.2, 0) is 17.8 Å². The van der Waals surface area contributed by atoms with Crippen molar-refractivity contribution in [2.24, 2.45) is 0 Å². The summed E-state index contributed by atoms with van der Waals surface area (Å²) in [6, 6.07) is 1.83. The van der Waals surface area contributed by atoms with Crippen LogP contribution < -0.4 is 5.32 Å². The fourth-order valence-electron chi connectivity index (χ4n) is 1.53. The lowest BCUT2D eigenvalue weighted by atomic mass is 10.2. The second-order valence-electron chi connectivity index (χ2n) is 3.28. The van der Waals surface area contributed by atoms with Crippen molar-refractivity contribution in [1.29, 1.82) is 0 Å². The van der Waals surface area contributed by atoms with Crippen molar-refractivity contribution >= 4 is 5.78 Å². The van der Waals surface area contributed by atoms with Gasteiger partial charge in [0.15, 0.2) is 0 Å². The van der Waals surface area contributed by atoms with E-state index in [4.69, 9.17) is 4.74 Å². The minimum absolute atomic E-state index is 0.0607. The lowest BCUT2D eigenvalue weighted by Crippen LogP contribution is -2.28. The van der Waals surface area contributed by atoms with E-state index in [1.165, 1.54) is 7.11 Å². The van der Waals surface area contributed by atoms with Crippen LogP contribution in [-0.4, -0.2) is 35.8 Å². The number of fused-ring (bicyclic) bond motifs is 1. The number of nitrogens with one attached hydrogen (secondary N) is 1. The Balaban J connectivity index is 2.19. The molecule has 0 aliphatic carbocycles. The molecular formula is C9H13N3O2. The van der Waals surface area contributed by atoms with E-state index in [0.29, 0.717) is 5.69 Å². The van der Waals surface area contributed by atoms with Crippen LogP contribution in [0.4, 0.5) is 0 Å². The molecule has 0 amide bonds. The largest absolute Gasteiger partial charge is 0.376 e. The zero-order chi connectivity index (χ0) is 9.97. The van der Waals surface area contributed by atoms with E-state index >= 15 is 0 Å². The van der Waals surface area contributed by atoms with Gasteiger partial charge >= 0.3 is 0 Å². The van der Waals surface area contributed by atoms with Crippen LogP contribution in [0.1, 0.15) is 16.2 Å². The van der Waals surface area contributed by atoms with Crippen LogP contribution in [0.5, 0.6) is 0 Å². The second kappa shape index (κ2) is 3.89. The molecule has 1 aromatic rings. The number of hydrogen-bond acceptors (Lipinski definition) is 4. The van der Waals surface area contributed by atoms with Gasteiger partial charge in [0.25, 0.3) is 0 Å². The zero-order valence-corrected chi connectivity index (χ0v) is 8.12. The van der Waals surface area contributed by atoms with E-state index in [-0.39, 0.29) is 12.4 Å². The second-order valence-corrected chi connectivity index (χ2v) is 3.28. The molecule has 5 nitrogen and oxygen atoms in total. The van der Waals surface area contributed by atoms with Gasteiger partial charge in [0, 0.05) is 20.2 Å². The number of ketones is 1. The molecule has 2 heterocycles. The molecule has 1 aromatic heterocycles. The van der Waals surface area contributed by atoms with E-state index in [1.807, 2.05) is 10.7 Å². The fraction of sp³-hybridized carbons (Fsp3) is 0.556. The van der Waals surface area contributed by atoms with Crippen LogP contribution in [0.2, 0.25) is 0 Å². The van der Waals surface area contributed by atoms with E-state index in [2.05, 4.69) is 10.4 Å². The van der Waals surface area contributed by atoms with Gasteiger partial charge in [-0.1, -0.05) is 0 Å². The first-order valence-corrected chi connectivity index (χ1v) is 4.61. The topological polar surface area (TPSA) is 56.2 Å². The minimum Gasteiger partial charge on any atom is -0.376 e. The summed E-state index contributed by atoms with van der Waals surface area (Å²) in [6.45, 7) is 2.62. The third-order valence-corrected chi connectivity index (χ3v) is 2.23. The molecule has 1 N–H and O–H groups in total. The predicted octanol–water partition coefficient (Wildman–Crippen LogP) is -0.185. The van der Waals surface area contributed by atoms with Gasteiger partial charge in [0.1, 0.15) is 12.3 Å². The Hall–Kier alpha value is -1.20. The fourth-order valence-corrected chi connectivity index (χ4v) is 1.53. The van der Waals surface area contributed by atoms with Crippen molar-refractivity contribution in [3.05, 3.63) is 17.5 Å². The van der Waals surface area contributed by atoms with Crippen molar-refractivity contribution in [2.45, 2.75) is 13.1 Å². The van der Waals surface area contributed by atoms with Crippen molar-refractivity contribution in [2.75, 3.05) is 20.3 Å². The van der Waals surface area contributed by atoms with E-state index < -0.39 is 0 Å². The van der Waals surface area contributed by atoms with Gasteiger partial charge in [-0.3, -0.25) is 9.48 Å². The highest BCUT2D eigenvalue weighted by atomic mass is 16.5. The molecule has 2 rings (SSSR count). The van der Waals surface area contributed by atoms with Crippen LogP contribution >= 0.6 is 0 Å². The third-order valence-electron chi connectivity index (χ3n) is 2.23. The Labute approximate surface area is 82.0 Å². The molecule has 0 aromatic carbocycles. The van der Waals surface area contributed by atoms with E-state index in [9.17, 15) is 4.79 Å². The SMILES string of the molecule is COCC(=O)c1cc2n(n1)CCNC2. The number of ether oxygens (including phenoxy) is 1. The molecular weight excluding hydrogens is 182 g/mol. The first kappa shape index (κ1) is 9.36. The highest BCUT2D eigenvalue weighted by molar-refractivity contribution is 5.95. The summed E-state index contributed by atoms with van der Waals surface area (Å²) in [5.74, 6) is -0.0607. The van der Waals surface area contributed by atoms with Gasteiger partial charge in [-0.2, -0.15) is 5.10 Å². The van der Waals surface area contributed by atoms with E-state index in [1.54, 1.807) is 0 Å². The van der Waals surface area contributed by atoms with Crippen LogP contribution in [0.25, 0.3) is 0 Å². The molecule has 14 heavy (non-hydrogen) atoms. The summed E-state index contributed by atoms with van der Waals surface area (Å²) >= 11 is 0. The average Bonchev–Trinajstić information content (AvgIpc) is 2.61. The number of nitrogens with zero attached hydrogens (tertiary/aromatic N) is 2. The van der Waals surface area contributed by atoms with Gasteiger partial charge < -0.3 is 10.1 Å².